The van der Waals surface area contributed by atoms with Crippen molar-refractivity contribution in [3.63, 3.8) is 0 Å². The summed E-state index contributed by atoms with van der Waals surface area (Å²) in [4.78, 5) is 26.0. The molecule has 31 heavy (non-hydrogen) atoms. The summed E-state index contributed by atoms with van der Waals surface area (Å²) in [6.45, 7) is 10.2. The van der Waals surface area contributed by atoms with E-state index in [9.17, 15) is 9.59 Å². The van der Waals surface area contributed by atoms with Crippen LogP contribution >= 0.6 is 0 Å². The second-order valence-electron chi connectivity index (χ2n) is 9.17. The van der Waals surface area contributed by atoms with Gasteiger partial charge in [0.1, 0.15) is 11.5 Å². The van der Waals surface area contributed by atoms with E-state index in [1.54, 1.807) is 30.3 Å². The molecule has 7 nitrogen and oxygen atoms in total. The first-order valence-electron chi connectivity index (χ1n) is 10.1. The molecule has 0 saturated carbocycles. The second kappa shape index (κ2) is 9.73. The minimum absolute atomic E-state index is 0.0184. The predicted molar refractivity (Wildman–Crippen MR) is 120 cm³/mol. The Bertz CT molecular complexity index is 937. The number of rotatable bonds is 8. The van der Waals surface area contributed by atoms with Crippen LogP contribution in [0.5, 0.6) is 11.5 Å². The summed E-state index contributed by atoms with van der Waals surface area (Å²) in [6, 6.07) is 8.20. The van der Waals surface area contributed by atoms with Crippen molar-refractivity contribution in [3.05, 3.63) is 53.6 Å². The normalized spacial score (nSPS) is 12.3. The molecule has 0 fully saturated rings. The highest BCUT2D eigenvalue weighted by Crippen LogP contribution is 2.28. The molecule has 1 aromatic carbocycles. The molecule has 7 heteroatoms. The number of methoxy groups -OCH3 is 2. The molecular formula is C24H32N2O5. The molecule has 0 aliphatic carbocycles. The van der Waals surface area contributed by atoms with Gasteiger partial charge in [-0.25, -0.2) is 0 Å². The molecule has 0 atom stereocenters. The molecule has 0 saturated heterocycles. The molecule has 168 valence electrons. The maximum Gasteiger partial charge on any atom is 0.268 e. The van der Waals surface area contributed by atoms with Crippen LogP contribution < -0.4 is 20.1 Å². The Balaban J connectivity index is 2.29. The molecule has 1 aromatic heterocycles. The number of hydrogen-bond donors (Lipinski definition) is 2. The molecule has 2 amide bonds. The Morgan fingerprint density at radius 1 is 1.03 bits per heavy atom. The van der Waals surface area contributed by atoms with Gasteiger partial charge in [0.2, 0.25) is 0 Å². The van der Waals surface area contributed by atoms with Crippen LogP contribution in [-0.4, -0.2) is 31.6 Å². The van der Waals surface area contributed by atoms with Crippen LogP contribution in [-0.2, 0) is 4.79 Å². The molecular weight excluding hydrogens is 396 g/mol. The summed E-state index contributed by atoms with van der Waals surface area (Å²) in [5.74, 6) is 0.517. The number of amides is 2. The largest absolute Gasteiger partial charge is 0.493 e. The first kappa shape index (κ1) is 24.1. The van der Waals surface area contributed by atoms with Gasteiger partial charge in [-0.15, -0.1) is 0 Å². The number of carbonyl (C=O) groups excluding carboxylic acids is 2. The van der Waals surface area contributed by atoms with Gasteiger partial charge < -0.3 is 24.5 Å². The topological polar surface area (TPSA) is 89.8 Å². The standard InChI is InChI=1S/C24H32N2O5/c1-23(2,3)15-24(4,5)26-22(28)18(14-17-9-8-12-31-17)25-21(27)16-10-11-19(29-6)20(13-16)30-7/h8-14H,15H2,1-7H3,(H,25,27)(H,26,28)/b18-14-. The highest BCUT2D eigenvalue weighted by Gasteiger charge is 2.28. The zero-order valence-corrected chi connectivity index (χ0v) is 19.3. The van der Waals surface area contributed by atoms with E-state index in [4.69, 9.17) is 13.9 Å². The van der Waals surface area contributed by atoms with Crippen molar-refractivity contribution in [1.82, 2.24) is 10.6 Å². The maximum absolute atomic E-state index is 13.1. The van der Waals surface area contributed by atoms with Gasteiger partial charge in [0, 0.05) is 17.2 Å². The van der Waals surface area contributed by atoms with Crippen molar-refractivity contribution in [2.24, 2.45) is 5.41 Å². The molecule has 0 aliphatic heterocycles. The fourth-order valence-electron chi connectivity index (χ4n) is 3.59. The number of carbonyl (C=O) groups is 2. The van der Waals surface area contributed by atoms with Gasteiger partial charge in [0.15, 0.2) is 11.5 Å². The minimum Gasteiger partial charge on any atom is -0.493 e. The Hall–Kier alpha value is -3.22. The van der Waals surface area contributed by atoms with Crippen LogP contribution in [0.2, 0.25) is 0 Å². The van der Waals surface area contributed by atoms with Gasteiger partial charge in [0.05, 0.1) is 20.5 Å². The van der Waals surface area contributed by atoms with Gasteiger partial charge in [-0.05, 0) is 56.0 Å². The molecule has 2 rings (SSSR count). The number of hydrogen-bond acceptors (Lipinski definition) is 5. The summed E-state index contributed by atoms with van der Waals surface area (Å²) in [7, 11) is 3.01. The van der Waals surface area contributed by atoms with Crippen LogP contribution in [0, 0.1) is 5.41 Å². The number of benzene rings is 1. The molecule has 2 aromatic rings. The van der Waals surface area contributed by atoms with Gasteiger partial charge in [0.25, 0.3) is 11.8 Å². The van der Waals surface area contributed by atoms with Gasteiger partial charge in [-0.1, -0.05) is 20.8 Å². The lowest BCUT2D eigenvalue weighted by Gasteiger charge is -2.33. The quantitative estimate of drug-likeness (QED) is 0.609. The van der Waals surface area contributed by atoms with Gasteiger partial charge >= 0.3 is 0 Å². The number of furan rings is 1. The van der Waals surface area contributed by atoms with Crippen LogP contribution in [0.3, 0.4) is 0 Å². The van der Waals surface area contributed by atoms with Crippen LogP contribution in [0.25, 0.3) is 6.08 Å². The average molecular weight is 429 g/mol. The molecule has 0 aliphatic rings. The van der Waals surface area contributed by atoms with Crippen molar-refractivity contribution < 1.29 is 23.5 Å². The third-order valence-electron chi connectivity index (χ3n) is 4.39. The summed E-state index contributed by atoms with van der Waals surface area (Å²) >= 11 is 0. The van der Waals surface area contributed by atoms with Crippen LogP contribution in [0.15, 0.2) is 46.7 Å². The molecule has 0 bridgehead atoms. The van der Waals surface area contributed by atoms with E-state index in [0.717, 1.165) is 6.42 Å². The zero-order chi connectivity index (χ0) is 23.2. The van der Waals surface area contributed by atoms with E-state index in [1.807, 2.05) is 13.8 Å². The highest BCUT2D eigenvalue weighted by molar-refractivity contribution is 6.05. The van der Waals surface area contributed by atoms with Crippen molar-refractivity contribution in [2.45, 2.75) is 46.6 Å². The van der Waals surface area contributed by atoms with Crippen molar-refractivity contribution in [3.8, 4) is 11.5 Å². The Kier molecular flexibility index (Phi) is 7.55. The predicted octanol–water partition coefficient (Wildman–Crippen LogP) is 4.40. The molecule has 1 heterocycles. The van der Waals surface area contributed by atoms with E-state index in [0.29, 0.717) is 22.8 Å². The number of nitrogens with one attached hydrogen (secondary N) is 2. The van der Waals surface area contributed by atoms with Gasteiger partial charge in [-0.3, -0.25) is 9.59 Å². The van der Waals surface area contributed by atoms with Gasteiger partial charge in [-0.2, -0.15) is 0 Å². The average Bonchev–Trinajstić information content (AvgIpc) is 3.17. The fourth-order valence-corrected chi connectivity index (χ4v) is 3.59. The number of ether oxygens (including phenoxy) is 2. The Morgan fingerprint density at radius 2 is 1.71 bits per heavy atom. The molecule has 0 radical (unpaired) electrons. The van der Waals surface area contributed by atoms with Crippen molar-refractivity contribution in [1.29, 1.82) is 0 Å². The van der Waals surface area contributed by atoms with Crippen molar-refractivity contribution in [2.75, 3.05) is 14.2 Å². The summed E-state index contributed by atoms with van der Waals surface area (Å²) in [6.07, 6.45) is 3.76. The zero-order valence-electron chi connectivity index (χ0n) is 19.3. The van der Waals surface area contributed by atoms with Crippen molar-refractivity contribution >= 4 is 17.9 Å². The summed E-state index contributed by atoms with van der Waals surface area (Å²) < 4.78 is 15.8. The van der Waals surface area contributed by atoms with Crippen LogP contribution in [0.1, 0.15) is 57.2 Å². The molecule has 0 spiro atoms. The lowest BCUT2D eigenvalue weighted by atomic mass is 9.82. The highest BCUT2D eigenvalue weighted by atomic mass is 16.5. The second-order valence-corrected chi connectivity index (χ2v) is 9.17. The summed E-state index contributed by atoms with van der Waals surface area (Å²) in [5, 5.41) is 5.71. The lowest BCUT2D eigenvalue weighted by Crippen LogP contribution is -2.48. The maximum atomic E-state index is 13.1. The molecule has 0 unspecified atom stereocenters. The Labute approximate surface area is 183 Å². The van der Waals surface area contributed by atoms with E-state index in [2.05, 4.69) is 31.4 Å². The monoisotopic (exact) mass is 428 g/mol. The SMILES string of the molecule is COc1ccc(C(=O)N/C(=C\c2ccco2)C(=O)NC(C)(C)CC(C)(C)C)cc1OC. The lowest BCUT2D eigenvalue weighted by molar-refractivity contribution is -0.119. The first-order chi connectivity index (χ1) is 14.4. The third kappa shape index (κ3) is 7.20. The fraction of sp³-hybridized carbons (Fsp3) is 0.417. The first-order valence-corrected chi connectivity index (χ1v) is 10.1. The third-order valence-corrected chi connectivity index (χ3v) is 4.39. The van der Waals surface area contributed by atoms with Crippen LogP contribution in [0.4, 0.5) is 0 Å². The van der Waals surface area contributed by atoms with E-state index in [1.165, 1.54) is 26.6 Å². The summed E-state index contributed by atoms with van der Waals surface area (Å²) in [5.41, 5.74) is -0.0580. The molecule has 2 N–H and O–H groups in total. The van der Waals surface area contributed by atoms with E-state index < -0.39 is 17.4 Å². The van der Waals surface area contributed by atoms with E-state index in [-0.39, 0.29) is 11.1 Å². The van der Waals surface area contributed by atoms with E-state index >= 15 is 0 Å². The smallest absolute Gasteiger partial charge is 0.268 e. The minimum atomic E-state index is -0.481. The Morgan fingerprint density at radius 3 is 2.26 bits per heavy atom.